The normalized spacial score (nSPS) is 10.5. The van der Waals surface area contributed by atoms with Gasteiger partial charge < -0.3 is 14.8 Å². The standard InChI is InChI=1S/C18H19N3O2S2/c1-3-23-15-10-6-4-8-13(15)12-24-18-21-20-17(25-18)19-14-9-5-7-11-16(14)22-2/h4-11H,3,12H2,1-2H3,(H,19,20). The van der Waals surface area contributed by atoms with Crippen LogP contribution in [0.3, 0.4) is 0 Å². The molecule has 0 saturated carbocycles. The van der Waals surface area contributed by atoms with Crippen LogP contribution in [0, 0.1) is 0 Å². The first-order valence-electron chi connectivity index (χ1n) is 7.87. The number of hydrogen-bond donors (Lipinski definition) is 1. The second kappa shape index (κ2) is 8.73. The van der Waals surface area contributed by atoms with Gasteiger partial charge >= 0.3 is 0 Å². The van der Waals surface area contributed by atoms with Gasteiger partial charge in [0.15, 0.2) is 4.34 Å². The van der Waals surface area contributed by atoms with Gasteiger partial charge in [0.1, 0.15) is 11.5 Å². The van der Waals surface area contributed by atoms with Gasteiger partial charge in [0.25, 0.3) is 0 Å². The molecule has 0 aliphatic heterocycles. The summed E-state index contributed by atoms with van der Waals surface area (Å²) in [5.41, 5.74) is 2.03. The lowest BCUT2D eigenvalue weighted by atomic mass is 10.2. The monoisotopic (exact) mass is 373 g/mol. The molecule has 130 valence electrons. The fraction of sp³-hybridized carbons (Fsp3) is 0.222. The van der Waals surface area contributed by atoms with Gasteiger partial charge in [0.2, 0.25) is 5.13 Å². The molecular weight excluding hydrogens is 354 g/mol. The van der Waals surface area contributed by atoms with E-state index >= 15 is 0 Å². The maximum absolute atomic E-state index is 5.66. The molecule has 0 atom stereocenters. The summed E-state index contributed by atoms with van der Waals surface area (Å²) in [4.78, 5) is 0. The average molecular weight is 374 g/mol. The number of ether oxygens (including phenoxy) is 2. The van der Waals surface area contributed by atoms with E-state index in [0.29, 0.717) is 6.61 Å². The van der Waals surface area contributed by atoms with Crippen LogP contribution in [0.2, 0.25) is 0 Å². The summed E-state index contributed by atoms with van der Waals surface area (Å²) in [6.45, 7) is 2.65. The van der Waals surface area contributed by atoms with Crippen molar-refractivity contribution >= 4 is 33.9 Å². The minimum Gasteiger partial charge on any atom is -0.495 e. The molecule has 0 radical (unpaired) electrons. The van der Waals surface area contributed by atoms with E-state index in [4.69, 9.17) is 9.47 Å². The van der Waals surface area contributed by atoms with Crippen molar-refractivity contribution in [2.45, 2.75) is 17.0 Å². The Morgan fingerprint density at radius 2 is 1.80 bits per heavy atom. The van der Waals surface area contributed by atoms with Crippen molar-refractivity contribution in [1.29, 1.82) is 0 Å². The van der Waals surface area contributed by atoms with Gasteiger partial charge in [-0.3, -0.25) is 0 Å². The summed E-state index contributed by atoms with van der Waals surface area (Å²) in [6, 6.07) is 15.8. The van der Waals surface area contributed by atoms with Gasteiger partial charge in [-0.1, -0.05) is 53.4 Å². The molecule has 7 heteroatoms. The number of benzene rings is 2. The number of nitrogens with zero attached hydrogens (tertiary/aromatic N) is 2. The fourth-order valence-electron chi connectivity index (χ4n) is 2.24. The Morgan fingerprint density at radius 1 is 1.04 bits per heavy atom. The highest BCUT2D eigenvalue weighted by Gasteiger charge is 2.09. The van der Waals surface area contributed by atoms with Crippen molar-refractivity contribution in [1.82, 2.24) is 10.2 Å². The summed E-state index contributed by atoms with van der Waals surface area (Å²) < 4.78 is 11.9. The number of anilines is 2. The van der Waals surface area contributed by atoms with E-state index in [9.17, 15) is 0 Å². The van der Waals surface area contributed by atoms with Crippen LogP contribution in [-0.2, 0) is 5.75 Å². The molecule has 0 bridgehead atoms. The Hall–Kier alpha value is -2.25. The molecule has 0 unspecified atom stereocenters. The predicted octanol–water partition coefficient (Wildman–Crippen LogP) is 4.98. The molecule has 0 spiro atoms. The molecule has 2 aromatic carbocycles. The Balaban J connectivity index is 1.64. The number of aromatic nitrogens is 2. The Morgan fingerprint density at radius 3 is 2.60 bits per heavy atom. The van der Waals surface area contributed by atoms with Crippen LogP contribution < -0.4 is 14.8 Å². The van der Waals surface area contributed by atoms with Gasteiger partial charge in [-0.05, 0) is 25.1 Å². The first kappa shape index (κ1) is 17.6. The summed E-state index contributed by atoms with van der Waals surface area (Å²) in [5, 5.41) is 12.5. The van der Waals surface area contributed by atoms with Crippen LogP contribution in [-0.4, -0.2) is 23.9 Å². The maximum atomic E-state index is 5.66. The Bertz CT molecular complexity index is 823. The van der Waals surface area contributed by atoms with E-state index in [1.807, 2.05) is 49.4 Å². The van der Waals surface area contributed by atoms with Crippen molar-refractivity contribution in [3.8, 4) is 11.5 Å². The average Bonchev–Trinajstić information content (AvgIpc) is 3.09. The van der Waals surface area contributed by atoms with Gasteiger partial charge in [0.05, 0.1) is 19.4 Å². The molecule has 0 aliphatic rings. The van der Waals surface area contributed by atoms with E-state index < -0.39 is 0 Å². The lowest BCUT2D eigenvalue weighted by Crippen LogP contribution is -1.95. The lowest BCUT2D eigenvalue weighted by molar-refractivity contribution is 0.337. The number of thioether (sulfide) groups is 1. The van der Waals surface area contributed by atoms with Crippen LogP contribution in [0.4, 0.5) is 10.8 Å². The van der Waals surface area contributed by atoms with E-state index in [2.05, 4.69) is 21.6 Å². The topological polar surface area (TPSA) is 56.3 Å². The molecule has 3 aromatic rings. The zero-order valence-electron chi connectivity index (χ0n) is 14.1. The Labute approximate surface area is 155 Å². The highest BCUT2D eigenvalue weighted by Crippen LogP contribution is 2.34. The van der Waals surface area contributed by atoms with Crippen molar-refractivity contribution in [2.75, 3.05) is 19.0 Å². The molecule has 3 rings (SSSR count). The van der Waals surface area contributed by atoms with Gasteiger partial charge in [-0.2, -0.15) is 0 Å². The summed E-state index contributed by atoms with van der Waals surface area (Å²) in [7, 11) is 1.65. The van der Waals surface area contributed by atoms with Crippen molar-refractivity contribution in [2.24, 2.45) is 0 Å². The zero-order valence-corrected chi connectivity index (χ0v) is 15.7. The molecule has 1 aromatic heterocycles. The third-order valence-corrected chi connectivity index (χ3v) is 5.40. The molecule has 1 heterocycles. The molecule has 1 N–H and O–H groups in total. The third kappa shape index (κ3) is 4.64. The summed E-state index contributed by atoms with van der Waals surface area (Å²) in [6.07, 6.45) is 0. The molecule has 0 fully saturated rings. The quantitative estimate of drug-likeness (QED) is 0.562. The van der Waals surface area contributed by atoms with Gasteiger partial charge in [0, 0.05) is 11.3 Å². The second-order valence-electron chi connectivity index (χ2n) is 5.03. The zero-order chi connectivity index (χ0) is 17.5. The largest absolute Gasteiger partial charge is 0.495 e. The first-order valence-corrected chi connectivity index (χ1v) is 9.67. The van der Waals surface area contributed by atoms with Crippen LogP contribution in [0.5, 0.6) is 11.5 Å². The lowest BCUT2D eigenvalue weighted by Gasteiger charge is -2.08. The van der Waals surface area contributed by atoms with E-state index in [1.165, 1.54) is 11.3 Å². The van der Waals surface area contributed by atoms with Gasteiger partial charge in [-0.15, -0.1) is 10.2 Å². The number of hydrogen-bond acceptors (Lipinski definition) is 7. The van der Waals surface area contributed by atoms with E-state index in [-0.39, 0.29) is 0 Å². The van der Waals surface area contributed by atoms with Crippen LogP contribution in [0.15, 0.2) is 52.9 Å². The minimum atomic E-state index is 0.660. The van der Waals surface area contributed by atoms with Crippen molar-refractivity contribution < 1.29 is 9.47 Å². The molecule has 0 saturated heterocycles. The van der Waals surface area contributed by atoms with E-state index in [0.717, 1.165) is 38.0 Å². The van der Waals surface area contributed by atoms with Crippen molar-refractivity contribution in [3.63, 3.8) is 0 Å². The smallest absolute Gasteiger partial charge is 0.210 e. The molecular formula is C18H19N3O2S2. The van der Waals surface area contributed by atoms with Crippen LogP contribution >= 0.6 is 23.1 Å². The molecule has 5 nitrogen and oxygen atoms in total. The number of methoxy groups -OCH3 is 1. The first-order chi connectivity index (χ1) is 12.3. The van der Waals surface area contributed by atoms with Gasteiger partial charge in [-0.25, -0.2) is 0 Å². The predicted molar refractivity (Wildman–Crippen MR) is 103 cm³/mol. The SMILES string of the molecule is CCOc1ccccc1CSc1nnc(Nc2ccccc2OC)s1. The summed E-state index contributed by atoms with van der Waals surface area (Å²) in [5.74, 6) is 2.49. The van der Waals surface area contributed by atoms with Crippen LogP contribution in [0.1, 0.15) is 12.5 Å². The minimum absolute atomic E-state index is 0.660. The maximum Gasteiger partial charge on any atom is 0.210 e. The highest BCUT2D eigenvalue weighted by molar-refractivity contribution is 8.00. The molecule has 0 amide bonds. The van der Waals surface area contributed by atoms with E-state index in [1.54, 1.807) is 18.9 Å². The second-order valence-corrected chi connectivity index (χ2v) is 7.23. The van der Waals surface area contributed by atoms with Crippen molar-refractivity contribution in [3.05, 3.63) is 54.1 Å². The number of rotatable bonds is 8. The summed E-state index contributed by atoms with van der Waals surface area (Å²) >= 11 is 3.17. The van der Waals surface area contributed by atoms with Crippen LogP contribution in [0.25, 0.3) is 0 Å². The number of nitrogens with one attached hydrogen (secondary N) is 1. The third-order valence-electron chi connectivity index (χ3n) is 3.38. The number of para-hydroxylation sites is 3. The highest BCUT2D eigenvalue weighted by atomic mass is 32.2. The molecule has 0 aliphatic carbocycles. The fourth-order valence-corrected chi connectivity index (χ4v) is 4.00. The molecule has 25 heavy (non-hydrogen) atoms. The Kier molecular flexibility index (Phi) is 6.14.